The van der Waals surface area contributed by atoms with Gasteiger partial charge < -0.3 is 5.32 Å². The van der Waals surface area contributed by atoms with Crippen LogP contribution < -0.4 is 10.0 Å². The summed E-state index contributed by atoms with van der Waals surface area (Å²) in [5, 5.41) is 4.10. The molecule has 0 radical (unpaired) electrons. The maximum atomic E-state index is 12.7. The van der Waals surface area contributed by atoms with E-state index in [0.29, 0.717) is 0 Å². The molecule has 0 amide bonds. The van der Waals surface area contributed by atoms with Gasteiger partial charge in [-0.25, -0.2) is 18.1 Å². The van der Waals surface area contributed by atoms with Gasteiger partial charge in [0.2, 0.25) is 10.0 Å². The summed E-state index contributed by atoms with van der Waals surface area (Å²) in [6.45, 7) is -0.0845. The Labute approximate surface area is 129 Å². The third kappa shape index (κ3) is 4.18. The molecule has 0 aliphatic carbocycles. The van der Waals surface area contributed by atoms with Crippen LogP contribution in [0.25, 0.3) is 0 Å². The van der Waals surface area contributed by atoms with Gasteiger partial charge in [0, 0.05) is 19.3 Å². The first kappa shape index (κ1) is 16.7. The maximum Gasteiger partial charge on any atom is 0.419 e. The van der Waals surface area contributed by atoms with E-state index in [2.05, 4.69) is 15.0 Å². The third-order valence-corrected chi connectivity index (χ3v) is 5.44. The number of nitrogens with zero attached hydrogens (tertiary/aromatic N) is 1. The molecule has 0 bridgehead atoms. The smallest absolute Gasteiger partial charge is 0.368 e. The first-order valence-electron chi connectivity index (χ1n) is 6.10. The molecule has 0 saturated carbocycles. The Balaban J connectivity index is 1.93. The van der Waals surface area contributed by atoms with Gasteiger partial charge in [0.15, 0.2) is 0 Å². The van der Waals surface area contributed by atoms with E-state index >= 15 is 0 Å². The number of sulfonamides is 1. The first-order chi connectivity index (χ1) is 10.3. The molecule has 0 aliphatic rings. The van der Waals surface area contributed by atoms with E-state index < -0.39 is 21.8 Å². The number of rotatable bonds is 6. The summed E-state index contributed by atoms with van der Waals surface area (Å²) in [6.07, 6.45) is -3.29. The molecular weight excluding hydrogens is 339 g/mol. The van der Waals surface area contributed by atoms with Crippen LogP contribution >= 0.6 is 11.3 Å². The van der Waals surface area contributed by atoms with Crippen molar-refractivity contribution >= 4 is 27.2 Å². The highest BCUT2D eigenvalue weighted by atomic mass is 32.2. The van der Waals surface area contributed by atoms with E-state index in [1.54, 1.807) is 11.4 Å². The number of halogens is 3. The van der Waals surface area contributed by atoms with Crippen molar-refractivity contribution in [3.05, 3.63) is 41.4 Å². The predicted octanol–water partition coefficient (Wildman–Crippen LogP) is 2.55. The predicted molar refractivity (Wildman–Crippen MR) is 77.2 cm³/mol. The Kier molecular flexibility index (Phi) is 5.04. The van der Waals surface area contributed by atoms with E-state index in [-0.39, 0.29) is 23.1 Å². The summed E-state index contributed by atoms with van der Waals surface area (Å²) in [4.78, 5) is 3.62. The lowest BCUT2D eigenvalue weighted by atomic mass is 10.2. The average Bonchev–Trinajstić information content (AvgIpc) is 2.98. The van der Waals surface area contributed by atoms with Crippen molar-refractivity contribution in [2.24, 2.45) is 0 Å². The molecule has 2 aromatic rings. The minimum Gasteiger partial charge on any atom is -0.368 e. The number of hydrogen-bond donors (Lipinski definition) is 2. The van der Waals surface area contributed by atoms with Gasteiger partial charge >= 0.3 is 6.18 Å². The zero-order valence-corrected chi connectivity index (χ0v) is 12.7. The number of nitrogens with one attached hydrogen (secondary N) is 2. The van der Waals surface area contributed by atoms with Gasteiger partial charge in [0.25, 0.3) is 0 Å². The molecule has 22 heavy (non-hydrogen) atoms. The molecular formula is C12H12F3N3O2S2. The van der Waals surface area contributed by atoms with Crippen LogP contribution in [-0.2, 0) is 16.2 Å². The summed E-state index contributed by atoms with van der Waals surface area (Å²) < 4.78 is 64.3. The zero-order valence-electron chi connectivity index (χ0n) is 11.1. The van der Waals surface area contributed by atoms with Gasteiger partial charge in [-0.15, -0.1) is 11.3 Å². The monoisotopic (exact) mass is 351 g/mol. The SMILES string of the molecule is O=S(=O)(NCCNc1ncccc1C(F)(F)F)c1cccs1. The molecule has 0 aromatic carbocycles. The minimum absolute atomic E-state index is 0.0231. The summed E-state index contributed by atoms with van der Waals surface area (Å²) in [6, 6.07) is 5.14. The molecule has 10 heteroatoms. The van der Waals surface area contributed by atoms with Crippen LogP contribution in [0.2, 0.25) is 0 Å². The van der Waals surface area contributed by atoms with Crippen molar-refractivity contribution in [1.29, 1.82) is 0 Å². The van der Waals surface area contributed by atoms with Crippen molar-refractivity contribution < 1.29 is 21.6 Å². The molecule has 0 saturated heterocycles. The Morgan fingerprint density at radius 1 is 1.18 bits per heavy atom. The zero-order chi connectivity index (χ0) is 16.2. The number of anilines is 1. The maximum absolute atomic E-state index is 12.7. The second-order valence-electron chi connectivity index (χ2n) is 4.15. The van der Waals surface area contributed by atoms with Crippen molar-refractivity contribution in [3.63, 3.8) is 0 Å². The minimum atomic E-state index is -4.52. The highest BCUT2D eigenvalue weighted by Crippen LogP contribution is 2.33. The topological polar surface area (TPSA) is 71.1 Å². The summed E-state index contributed by atoms with van der Waals surface area (Å²) in [7, 11) is -3.62. The molecule has 2 N–H and O–H groups in total. The van der Waals surface area contributed by atoms with Gasteiger partial charge in [-0.2, -0.15) is 13.2 Å². The summed E-state index contributed by atoms with van der Waals surface area (Å²) >= 11 is 1.06. The van der Waals surface area contributed by atoms with E-state index in [0.717, 1.165) is 17.4 Å². The number of alkyl halides is 3. The standard InChI is InChI=1S/C12H12F3N3O2S2/c13-12(14,15)9-3-1-5-16-11(9)17-6-7-18-22(19,20)10-4-2-8-21-10/h1-5,8,18H,6-7H2,(H,16,17). The van der Waals surface area contributed by atoms with Crippen LogP contribution in [0.4, 0.5) is 19.0 Å². The van der Waals surface area contributed by atoms with E-state index in [9.17, 15) is 21.6 Å². The molecule has 2 heterocycles. The van der Waals surface area contributed by atoms with Crippen LogP contribution in [0.15, 0.2) is 40.1 Å². The van der Waals surface area contributed by atoms with Crippen molar-refractivity contribution in [2.75, 3.05) is 18.4 Å². The summed E-state index contributed by atoms with van der Waals surface area (Å²) in [5.74, 6) is -0.328. The quantitative estimate of drug-likeness (QED) is 0.785. The highest BCUT2D eigenvalue weighted by Gasteiger charge is 2.33. The second kappa shape index (κ2) is 6.63. The van der Waals surface area contributed by atoms with Crippen LogP contribution in [0.1, 0.15) is 5.56 Å². The molecule has 2 rings (SSSR count). The molecule has 2 aromatic heterocycles. The summed E-state index contributed by atoms with van der Waals surface area (Å²) in [5.41, 5.74) is -0.892. The van der Waals surface area contributed by atoms with Crippen LogP contribution in [0.3, 0.4) is 0 Å². The molecule has 0 fully saturated rings. The molecule has 0 aliphatic heterocycles. The molecule has 0 spiro atoms. The fourth-order valence-corrected chi connectivity index (χ4v) is 3.70. The molecule has 0 unspecified atom stereocenters. The second-order valence-corrected chi connectivity index (χ2v) is 7.10. The molecule has 120 valence electrons. The number of thiophene rings is 1. The number of pyridine rings is 1. The van der Waals surface area contributed by atoms with Gasteiger partial charge in [0.1, 0.15) is 10.0 Å². The number of hydrogen-bond acceptors (Lipinski definition) is 5. The van der Waals surface area contributed by atoms with Crippen LogP contribution in [0, 0.1) is 0 Å². The Hall–Kier alpha value is -1.65. The normalized spacial score (nSPS) is 12.3. The van der Waals surface area contributed by atoms with Crippen LogP contribution in [-0.4, -0.2) is 26.5 Å². The Morgan fingerprint density at radius 2 is 1.95 bits per heavy atom. The molecule has 5 nitrogen and oxygen atoms in total. The third-order valence-electron chi connectivity index (χ3n) is 2.58. The Morgan fingerprint density at radius 3 is 2.59 bits per heavy atom. The van der Waals surface area contributed by atoms with Gasteiger partial charge in [-0.1, -0.05) is 6.07 Å². The van der Waals surface area contributed by atoms with Crippen molar-refractivity contribution in [3.8, 4) is 0 Å². The fourth-order valence-electron chi connectivity index (χ4n) is 1.63. The first-order valence-corrected chi connectivity index (χ1v) is 8.46. The fraction of sp³-hybridized carbons (Fsp3) is 0.250. The van der Waals surface area contributed by atoms with E-state index in [1.165, 1.54) is 18.3 Å². The molecule has 0 atom stereocenters. The van der Waals surface area contributed by atoms with Gasteiger partial charge in [0.05, 0.1) is 5.56 Å². The van der Waals surface area contributed by atoms with Crippen molar-refractivity contribution in [1.82, 2.24) is 9.71 Å². The lowest BCUT2D eigenvalue weighted by Gasteiger charge is -2.13. The highest BCUT2D eigenvalue weighted by molar-refractivity contribution is 7.91. The van der Waals surface area contributed by atoms with E-state index in [1.807, 2.05) is 0 Å². The lowest BCUT2D eigenvalue weighted by molar-refractivity contribution is -0.137. The van der Waals surface area contributed by atoms with Gasteiger partial charge in [-0.3, -0.25) is 0 Å². The van der Waals surface area contributed by atoms with Crippen molar-refractivity contribution in [2.45, 2.75) is 10.4 Å². The largest absolute Gasteiger partial charge is 0.419 e. The van der Waals surface area contributed by atoms with Gasteiger partial charge in [-0.05, 0) is 23.6 Å². The average molecular weight is 351 g/mol. The Bertz CT molecular complexity index is 715. The van der Waals surface area contributed by atoms with Crippen LogP contribution in [0.5, 0.6) is 0 Å². The van der Waals surface area contributed by atoms with E-state index in [4.69, 9.17) is 0 Å². The number of aromatic nitrogens is 1. The lowest BCUT2D eigenvalue weighted by Crippen LogP contribution is -2.29.